The molecule has 2 fully saturated rings. The number of benzene rings is 2. The van der Waals surface area contributed by atoms with Gasteiger partial charge in [0, 0.05) is 31.1 Å². The number of para-hydroxylation sites is 1. The second kappa shape index (κ2) is 8.07. The number of carbonyl (C=O) groups is 1. The van der Waals surface area contributed by atoms with Gasteiger partial charge in [0.05, 0.1) is 0 Å². The quantitative estimate of drug-likeness (QED) is 0.733. The minimum Gasteiger partial charge on any atom is -0.371 e. The van der Waals surface area contributed by atoms with Crippen LogP contribution in [0.25, 0.3) is 0 Å². The van der Waals surface area contributed by atoms with E-state index in [0.29, 0.717) is 17.6 Å². The minimum absolute atomic E-state index is 0.215. The second-order valence-corrected chi connectivity index (χ2v) is 7.94. The van der Waals surface area contributed by atoms with E-state index in [9.17, 15) is 4.79 Å². The van der Waals surface area contributed by atoms with Crippen molar-refractivity contribution < 1.29 is 4.79 Å². The number of rotatable bonds is 4. The van der Waals surface area contributed by atoms with Gasteiger partial charge in [0.15, 0.2) is 0 Å². The lowest BCUT2D eigenvalue weighted by atomic mass is 9.68. The molecule has 1 saturated heterocycles. The van der Waals surface area contributed by atoms with Gasteiger partial charge in [0.25, 0.3) is 0 Å². The van der Waals surface area contributed by atoms with E-state index in [0.717, 1.165) is 32.4 Å². The van der Waals surface area contributed by atoms with Gasteiger partial charge < -0.3 is 4.90 Å². The van der Waals surface area contributed by atoms with Gasteiger partial charge in [-0.3, -0.25) is 4.79 Å². The molecule has 0 unspecified atom stereocenters. The molecule has 0 amide bonds. The van der Waals surface area contributed by atoms with Crippen molar-refractivity contribution in [1.82, 2.24) is 0 Å². The van der Waals surface area contributed by atoms with E-state index in [4.69, 9.17) is 0 Å². The summed E-state index contributed by atoms with van der Waals surface area (Å²) in [5, 5.41) is 0. The van der Waals surface area contributed by atoms with Crippen molar-refractivity contribution >= 4 is 11.5 Å². The van der Waals surface area contributed by atoms with Crippen molar-refractivity contribution in [2.24, 2.45) is 11.8 Å². The van der Waals surface area contributed by atoms with Gasteiger partial charge in [-0.1, -0.05) is 55.0 Å². The Labute approximate surface area is 157 Å². The van der Waals surface area contributed by atoms with Crippen LogP contribution in [0, 0.1) is 11.8 Å². The minimum atomic E-state index is 0.215. The van der Waals surface area contributed by atoms with Crippen LogP contribution >= 0.6 is 0 Å². The van der Waals surface area contributed by atoms with Gasteiger partial charge in [-0.15, -0.1) is 0 Å². The van der Waals surface area contributed by atoms with E-state index >= 15 is 0 Å². The van der Waals surface area contributed by atoms with Crippen molar-refractivity contribution in [2.75, 3.05) is 18.0 Å². The Kier molecular flexibility index (Phi) is 5.38. The zero-order valence-electron chi connectivity index (χ0n) is 15.5. The summed E-state index contributed by atoms with van der Waals surface area (Å²) in [5.74, 6) is 1.64. The molecule has 2 aromatic carbocycles. The number of ketones is 1. The molecular formula is C24H29NO. The lowest BCUT2D eigenvalue weighted by Gasteiger charge is -2.42. The molecule has 26 heavy (non-hydrogen) atoms. The molecule has 136 valence electrons. The lowest BCUT2D eigenvalue weighted by Crippen LogP contribution is -2.41. The number of nitrogens with zero attached hydrogens (tertiary/aromatic N) is 1. The smallest absolute Gasteiger partial charge is 0.136 e. The number of hydrogen-bond acceptors (Lipinski definition) is 2. The standard InChI is InChI=1S/C24H29NO/c26-23-16-8-7-15-22(23)24(19-10-3-1-4-11-19)20-12-9-17-25(18-20)21-13-5-2-6-14-21/h1-6,10-11,13-14,20,22,24H,7-9,12,15-18H2/t20-,22-,24+/m1/s1. The Morgan fingerprint density at radius 1 is 0.846 bits per heavy atom. The maximum atomic E-state index is 12.8. The predicted octanol–water partition coefficient (Wildman–Crippen LogP) is 5.45. The van der Waals surface area contributed by atoms with Crippen LogP contribution < -0.4 is 4.90 Å². The summed E-state index contributed by atoms with van der Waals surface area (Å²) in [4.78, 5) is 15.3. The maximum absolute atomic E-state index is 12.8. The van der Waals surface area contributed by atoms with Crippen LogP contribution in [0.1, 0.15) is 50.0 Å². The highest BCUT2D eigenvalue weighted by atomic mass is 16.1. The average molecular weight is 348 g/mol. The maximum Gasteiger partial charge on any atom is 0.136 e. The third-order valence-electron chi connectivity index (χ3n) is 6.31. The summed E-state index contributed by atoms with van der Waals surface area (Å²) in [6.45, 7) is 2.19. The summed E-state index contributed by atoms with van der Waals surface area (Å²) >= 11 is 0. The topological polar surface area (TPSA) is 20.3 Å². The Hall–Kier alpha value is -2.09. The van der Waals surface area contributed by atoms with Gasteiger partial charge in [0.1, 0.15) is 5.78 Å². The van der Waals surface area contributed by atoms with Gasteiger partial charge >= 0.3 is 0 Å². The third kappa shape index (κ3) is 3.70. The highest BCUT2D eigenvalue weighted by molar-refractivity contribution is 5.82. The zero-order chi connectivity index (χ0) is 17.8. The molecule has 2 aliphatic rings. The highest BCUT2D eigenvalue weighted by Gasteiger charge is 2.38. The molecule has 2 nitrogen and oxygen atoms in total. The molecule has 1 aliphatic carbocycles. The van der Waals surface area contributed by atoms with Crippen molar-refractivity contribution in [3.05, 3.63) is 66.2 Å². The third-order valence-corrected chi connectivity index (χ3v) is 6.31. The SMILES string of the molecule is O=C1CCCC[C@H]1[C@@H](c1ccccc1)[C@@H]1CCCN(c2ccccc2)C1. The van der Waals surface area contributed by atoms with Crippen molar-refractivity contribution in [3.63, 3.8) is 0 Å². The van der Waals surface area contributed by atoms with Crippen molar-refractivity contribution in [1.29, 1.82) is 0 Å². The Morgan fingerprint density at radius 3 is 2.31 bits per heavy atom. The van der Waals surface area contributed by atoms with E-state index in [2.05, 4.69) is 65.6 Å². The van der Waals surface area contributed by atoms with Crippen LogP contribution in [0.3, 0.4) is 0 Å². The molecule has 0 radical (unpaired) electrons. The van der Waals surface area contributed by atoms with E-state index < -0.39 is 0 Å². The molecule has 2 aromatic rings. The van der Waals surface area contributed by atoms with Crippen molar-refractivity contribution in [3.8, 4) is 0 Å². The summed E-state index contributed by atoms with van der Waals surface area (Å²) < 4.78 is 0. The molecule has 4 rings (SSSR count). The predicted molar refractivity (Wildman–Crippen MR) is 108 cm³/mol. The average Bonchev–Trinajstić information content (AvgIpc) is 2.71. The number of Topliss-reactive ketones (excluding diaryl/α,β-unsaturated/α-hetero) is 1. The van der Waals surface area contributed by atoms with E-state index in [1.165, 1.54) is 30.5 Å². The van der Waals surface area contributed by atoms with Crippen LogP contribution in [0.5, 0.6) is 0 Å². The monoisotopic (exact) mass is 347 g/mol. The zero-order valence-corrected chi connectivity index (χ0v) is 15.5. The number of anilines is 1. The Balaban J connectivity index is 1.62. The van der Waals surface area contributed by atoms with Gasteiger partial charge in [-0.05, 0) is 55.2 Å². The summed E-state index contributed by atoms with van der Waals surface area (Å²) in [6.07, 6.45) is 6.58. The molecule has 1 saturated carbocycles. The normalized spacial score (nSPS) is 25.1. The van der Waals surface area contributed by atoms with Gasteiger partial charge in [0.2, 0.25) is 0 Å². The summed E-state index contributed by atoms with van der Waals surface area (Å²) in [5.41, 5.74) is 2.69. The fraction of sp³-hybridized carbons (Fsp3) is 0.458. The van der Waals surface area contributed by atoms with Crippen LogP contribution in [-0.2, 0) is 4.79 Å². The largest absolute Gasteiger partial charge is 0.371 e. The highest BCUT2D eigenvalue weighted by Crippen LogP contribution is 2.42. The van der Waals surface area contributed by atoms with Crippen LogP contribution in [0.2, 0.25) is 0 Å². The van der Waals surface area contributed by atoms with Crippen LogP contribution in [-0.4, -0.2) is 18.9 Å². The van der Waals surface area contributed by atoms with E-state index in [1.54, 1.807) is 0 Å². The summed E-state index contributed by atoms with van der Waals surface area (Å²) in [7, 11) is 0. The first-order valence-electron chi connectivity index (χ1n) is 10.2. The van der Waals surface area contributed by atoms with Crippen molar-refractivity contribution in [2.45, 2.75) is 44.4 Å². The molecule has 3 atom stereocenters. The number of hydrogen-bond donors (Lipinski definition) is 0. The number of carbonyl (C=O) groups excluding carboxylic acids is 1. The van der Waals surface area contributed by atoms with Gasteiger partial charge in [-0.25, -0.2) is 0 Å². The molecule has 2 heteroatoms. The van der Waals surface area contributed by atoms with E-state index in [1.807, 2.05) is 0 Å². The molecule has 0 bridgehead atoms. The fourth-order valence-electron chi connectivity index (χ4n) is 5.07. The first-order chi connectivity index (χ1) is 12.8. The van der Waals surface area contributed by atoms with Crippen LogP contribution in [0.15, 0.2) is 60.7 Å². The molecule has 1 heterocycles. The number of piperidine rings is 1. The molecular weight excluding hydrogens is 318 g/mol. The lowest BCUT2D eigenvalue weighted by molar-refractivity contribution is -0.125. The summed E-state index contributed by atoms with van der Waals surface area (Å²) in [6, 6.07) is 21.6. The molecule has 0 spiro atoms. The fourth-order valence-corrected chi connectivity index (χ4v) is 5.07. The first kappa shape index (κ1) is 17.3. The van der Waals surface area contributed by atoms with Gasteiger partial charge in [-0.2, -0.15) is 0 Å². The molecule has 0 N–H and O–H groups in total. The first-order valence-corrected chi connectivity index (χ1v) is 10.2. The Morgan fingerprint density at radius 2 is 1.58 bits per heavy atom. The molecule has 1 aliphatic heterocycles. The van der Waals surface area contributed by atoms with E-state index in [-0.39, 0.29) is 5.92 Å². The molecule has 0 aromatic heterocycles. The Bertz CT molecular complexity index is 712. The van der Waals surface area contributed by atoms with Crippen LogP contribution in [0.4, 0.5) is 5.69 Å². The second-order valence-electron chi connectivity index (χ2n) is 7.94.